The Balaban J connectivity index is 0.000000151. The van der Waals surface area contributed by atoms with E-state index in [2.05, 4.69) is 77.6 Å². The Morgan fingerprint density at radius 3 is 1.52 bits per heavy atom. The lowest BCUT2D eigenvalue weighted by molar-refractivity contribution is -0.144. The number of carbonyl (C=O) groups excluding carboxylic acids is 4. The van der Waals surface area contributed by atoms with Crippen molar-refractivity contribution in [2.45, 2.75) is 114 Å². The Hall–Kier alpha value is -7.28. The Morgan fingerprint density at radius 2 is 1.06 bits per heavy atom. The maximum atomic E-state index is 13.6. The number of amides is 4. The summed E-state index contributed by atoms with van der Waals surface area (Å²) < 4.78 is 70.9. The summed E-state index contributed by atoms with van der Waals surface area (Å²) in [6, 6.07) is 32.8. The minimum Gasteiger partial charge on any atom is -0.356 e. The molecule has 4 aliphatic rings. The number of hydrogen-bond acceptors (Lipinski definition) is 10. The molecule has 80 heavy (non-hydrogen) atoms. The average molecular weight is 1210 g/mol. The summed E-state index contributed by atoms with van der Waals surface area (Å²) in [6.07, 6.45) is 11.7. The predicted octanol–water partition coefficient (Wildman–Crippen LogP) is 10.4. The molecule has 7 heterocycles. The molecule has 8 aromatic rings. The van der Waals surface area contributed by atoms with Crippen LogP contribution in [0, 0.1) is 3.57 Å². The fourth-order valence-corrected chi connectivity index (χ4v) is 11.1. The van der Waals surface area contributed by atoms with E-state index in [1.165, 1.54) is 34.4 Å². The summed E-state index contributed by atoms with van der Waals surface area (Å²) in [7, 11) is 1.50. The van der Waals surface area contributed by atoms with Crippen LogP contribution in [0.3, 0.4) is 0 Å². The number of H-pyrrole nitrogens is 1. The van der Waals surface area contributed by atoms with Crippen LogP contribution in [0.5, 0.6) is 0 Å². The van der Waals surface area contributed by atoms with Gasteiger partial charge in [0.2, 0.25) is 11.8 Å². The number of carbonyl (C=O) groups is 4. The molecule has 4 amide bonds. The first-order valence-corrected chi connectivity index (χ1v) is 27.6. The highest BCUT2D eigenvalue weighted by atomic mass is 127. The van der Waals surface area contributed by atoms with E-state index >= 15 is 0 Å². The minimum atomic E-state index is -3.54. The van der Waals surface area contributed by atoms with E-state index in [1.54, 1.807) is 34.3 Å². The maximum absolute atomic E-state index is 13.6. The fourth-order valence-electron chi connectivity index (χ4n) is 10.6. The van der Waals surface area contributed by atoms with E-state index < -0.39 is 47.8 Å². The molecule has 5 N–H and O–H groups in total. The molecule has 6 atom stereocenters. The average Bonchev–Trinajstić information content (AvgIpc) is 4.34. The van der Waals surface area contributed by atoms with Crippen LogP contribution >= 0.6 is 22.6 Å². The lowest BCUT2D eigenvalue weighted by Crippen LogP contribution is -2.46. The second-order valence-electron chi connectivity index (χ2n) is 20.0. The van der Waals surface area contributed by atoms with Gasteiger partial charge in [0.25, 0.3) is 11.8 Å². The van der Waals surface area contributed by atoms with E-state index in [1.807, 2.05) is 100 Å². The van der Waals surface area contributed by atoms with Gasteiger partial charge in [0.1, 0.15) is 0 Å². The minimum absolute atomic E-state index is 0.0647. The summed E-state index contributed by atoms with van der Waals surface area (Å²) in [5, 5.41) is 23.4. The molecule has 420 valence electrons. The van der Waals surface area contributed by atoms with Crippen LogP contribution in [-0.2, 0) is 28.7 Å². The van der Waals surface area contributed by atoms with Crippen LogP contribution in [0.2, 0.25) is 0 Å². The molecule has 0 spiro atoms. The number of alkyl halides is 4. The fraction of sp³-hybridized carbons (Fsp3) is 0.362. The number of aromatic amines is 1. The topological polar surface area (TPSA) is 208 Å². The Kier molecular flexibility index (Phi) is 18.0. The molecule has 5 aromatic carbocycles. The van der Waals surface area contributed by atoms with E-state index in [0.717, 1.165) is 65.2 Å². The lowest BCUT2D eigenvalue weighted by Gasteiger charge is -2.30. The van der Waals surface area contributed by atoms with Crippen molar-refractivity contribution in [3.8, 4) is 0 Å². The Bertz CT molecular complexity index is 3430. The van der Waals surface area contributed by atoms with Gasteiger partial charge in [-0.05, 0) is 134 Å². The number of nitrogens with two attached hydrogens (primary N) is 1. The van der Waals surface area contributed by atoms with Crippen LogP contribution < -0.4 is 26.2 Å². The van der Waals surface area contributed by atoms with Crippen molar-refractivity contribution in [3.05, 3.63) is 149 Å². The smallest absolute Gasteiger partial charge is 0.321 e. The third-order valence-corrected chi connectivity index (χ3v) is 15.0. The largest absolute Gasteiger partial charge is 0.356 e. The molecule has 0 radical (unpaired) electrons. The van der Waals surface area contributed by atoms with Gasteiger partial charge in [-0.15, -0.1) is 0 Å². The van der Waals surface area contributed by atoms with Crippen molar-refractivity contribution in [3.63, 3.8) is 0 Å². The number of nitrogens with zero attached hydrogens (tertiary/aromatic N) is 7. The summed E-state index contributed by atoms with van der Waals surface area (Å²) in [5.41, 5.74) is 10.1. The van der Waals surface area contributed by atoms with Crippen molar-refractivity contribution in [2.24, 2.45) is 5.73 Å². The molecule has 4 aliphatic heterocycles. The predicted molar refractivity (Wildman–Crippen MR) is 304 cm³/mol. The van der Waals surface area contributed by atoms with Gasteiger partial charge < -0.3 is 35.6 Å². The summed E-state index contributed by atoms with van der Waals surface area (Å²) >= 11 is 2.32. The molecule has 0 aliphatic carbocycles. The second kappa shape index (κ2) is 25.0. The third kappa shape index (κ3) is 12.8. The second-order valence-corrected chi connectivity index (χ2v) is 21.2. The molecular weight excluding hydrogens is 1150 g/mol. The normalized spacial score (nSPS) is 21.3. The highest BCUT2D eigenvalue weighted by Crippen LogP contribution is 2.41. The number of anilines is 2. The zero-order valence-corrected chi connectivity index (χ0v) is 46.4. The molecule has 12 rings (SSSR count). The summed E-state index contributed by atoms with van der Waals surface area (Å²) in [4.78, 5) is 53.1. The number of hydrogen-bond donors (Lipinski definition) is 4. The zero-order chi connectivity index (χ0) is 56.7. The monoisotopic (exact) mass is 1210 g/mol. The zero-order valence-electron chi connectivity index (χ0n) is 44.3. The first-order valence-electron chi connectivity index (χ1n) is 26.5. The molecule has 22 heteroatoms. The molecule has 17 nitrogen and oxygen atoms in total. The molecule has 4 fully saturated rings. The van der Waals surface area contributed by atoms with Gasteiger partial charge in [-0.1, -0.05) is 60.7 Å². The maximum Gasteiger partial charge on any atom is 0.321 e. The Morgan fingerprint density at radius 1 is 0.613 bits per heavy atom. The summed E-state index contributed by atoms with van der Waals surface area (Å²) in [6.45, 7) is 2.66. The van der Waals surface area contributed by atoms with Crippen LogP contribution in [-0.4, -0.2) is 97.6 Å². The molecule has 4 saturated heterocycles. The van der Waals surface area contributed by atoms with E-state index in [-0.39, 0.29) is 37.1 Å². The van der Waals surface area contributed by atoms with E-state index in [4.69, 9.17) is 9.47 Å². The van der Waals surface area contributed by atoms with Gasteiger partial charge in [0.05, 0.1) is 59.3 Å². The van der Waals surface area contributed by atoms with Crippen molar-refractivity contribution < 1.29 is 46.2 Å². The van der Waals surface area contributed by atoms with Crippen molar-refractivity contribution in [1.82, 2.24) is 40.4 Å². The highest BCUT2D eigenvalue weighted by molar-refractivity contribution is 14.1. The molecule has 2 unspecified atom stereocenters. The SMILES string of the molecule is CC(F)(F)C(=O)N[C@H]1CC(=O)N(c2ccc3[nH]ncc3c2)[C@@H]1c1ccccc1.CC(F)(F)C(=O)N[C@H]1CC(=O)N(c2ccc3c(cnn3C3CCCCO3)c2)[C@@H]1c1ccccc1.CN.Ic1ccc2c(cnn2C2CCCCO2)c1. The molecule has 0 saturated carbocycles. The number of ether oxygens (including phenoxy) is 2. The number of nitrogens with one attached hydrogen (secondary N) is 3. The van der Waals surface area contributed by atoms with Crippen molar-refractivity contribution in [2.75, 3.05) is 30.1 Å². The van der Waals surface area contributed by atoms with Gasteiger partial charge in [-0.3, -0.25) is 24.3 Å². The number of aromatic nitrogens is 6. The Labute approximate surface area is 472 Å². The quantitative estimate of drug-likeness (QED) is 0.0752. The van der Waals surface area contributed by atoms with Gasteiger partial charge in [0.15, 0.2) is 12.5 Å². The number of benzene rings is 5. The van der Waals surface area contributed by atoms with Gasteiger partial charge in [-0.25, -0.2) is 9.36 Å². The van der Waals surface area contributed by atoms with Crippen LogP contribution in [0.1, 0.15) is 101 Å². The van der Waals surface area contributed by atoms with Gasteiger partial charge >= 0.3 is 11.8 Å². The number of rotatable bonds is 10. The van der Waals surface area contributed by atoms with Crippen molar-refractivity contribution in [1.29, 1.82) is 0 Å². The van der Waals surface area contributed by atoms with E-state index in [0.29, 0.717) is 31.8 Å². The summed E-state index contributed by atoms with van der Waals surface area (Å²) in [5.74, 6) is -10.3. The van der Waals surface area contributed by atoms with Crippen molar-refractivity contribution >= 4 is 90.3 Å². The molecule has 3 aromatic heterocycles. The van der Waals surface area contributed by atoms with Crippen LogP contribution in [0.4, 0.5) is 28.9 Å². The number of fused-ring (bicyclic) bond motifs is 3. The van der Waals surface area contributed by atoms with Crippen LogP contribution in [0.25, 0.3) is 32.7 Å². The lowest BCUT2D eigenvalue weighted by atomic mass is 9.99. The highest BCUT2D eigenvalue weighted by Gasteiger charge is 2.47. The first-order chi connectivity index (χ1) is 38.5. The van der Waals surface area contributed by atoms with Gasteiger partial charge in [-0.2, -0.15) is 32.9 Å². The third-order valence-electron chi connectivity index (χ3n) is 14.3. The standard InChI is InChI=1S/C25H26F2N4O3.C20H18F2N4O2.C12H13IN2O.CH5N/c1-25(26,27)24(33)29-19-14-21(32)30(23(19)16-7-3-2-4-8-16)18-10-11-20-17(13-18)15-28-31(20)22-9-5-6-12-34-22;1-20(21,22)19(28)24-16-10-17(27)26(18(16)12-5-3-2-4-6-12)14-7-8-15-13(9-14)11-23-25-15;13-10-4-5-11-9(7-10)8-14-15(11)12-3-1-2-6-16-12;1-2/h2-4,7-8,10-11,13,15,19,22-23H,5-6,9,12,14H2,1H3,(H,29,33);2-9,11,16,18H,10H2,1H3,(H,23,25)(H,24,28);4-5,7-8,12H,1-3,6H2;2H2,1H3/t19-,22?,23+;16-,18+;;/m00../s1. The molecular formula is C58H62F4IN11O6. The van der Waals surface area contributed by atoms with E-state index in [9.17, 15) is 36.7 Å². The van der Waals surface area contributed by atoms with Crippen LogP contribution in [0.15, 0.2) is 134 Å². The number of halogens is 5. The first kappa shape index (κ1) is 57.4. The van der Waals surface area contributed by atoms with Gasteiger partial charge in [0, 0.05) is 71.0 Å². The molecule has 0 bridgehead atoms.